The van der Waals surface area contributed by atoms with Crippen LogP contribution in [0.5, 0.6) is 0 Å². The molecule has 0 heterocycles. The number of rotatable bonds is 6. The molecule has 0 spiro atoms. The lowest BCUT2D eigenvalue weighted by molar-refractivity contribution is 0.788. The number of unbranched alkanes of at least 4 members (excludes halogenated alkanes) is 2. The second-order valence-corrected chi connectivity index (χ2v) is 4.42. The summed E-state index contributed by atoms with van der Waals surface area (Å²) in [6.45, 7) is 4.38. The van der Waals surface area contributed by atoms with E-state index in [0.29, 0.717) is 0 Å². The second kappa shape index (κ2) is 6.41. The first kappa shape index (κ1) is 12.9. The molecule has 2 nitrogen and oxygen atoms in total. The van der Waals surface area contributed by atoms with E-state index < -0.39 is 0 Å². The van der Waals surface area contributed by atoms with Crippen LogP contribution in [0.3, 0.4) is 0 Å². The van der Waals surface area contributed by atoms with Crippen LogP contribution in [0.2, 0.25) is 0 Å². The Morgan fingerprint density at radius 2 is 1.19 bits per heavy atom. The van der Waals surface area contributed by atoms with Crippen molar-refractivity contribution in [2.45, 2.75) is 52.4 Å². The van der Waals surface area contributed by atoms with Crippen LogP contribution in [-0.4, -0.2) is 0 Å². The lowest BCUT2D eigenvalue weighted by atomic mass is 9.99. The van der Waals surface area contributed by atoms with Crippen LogP contribution in [-0.2, 0) is 12.8 Å². The minimum atomic E-state index is 0.807. The Kier molecular flexibility index (Phi) is 5.17. The van der Waals surface area contributed by atoms with Crippen molar-refractivity contribution in [1.82, 2.24) is 0 Å². The number of anilines is 2. The van der Waals surface area contributed by atoms with Gasteiger partial charge in [-0.3, -0.25) is 0 Å². The molecule has 0 aliphatic heterocycles. The Bertz CT molecular complexity index is 299. The summed E-state index contributed by atoms with van der Waals surface area (Å²) in [5, 5.41) is 0. The first-order valence-corrected chi connectivity index (χ1v) is 6.36. The molecule has 16 heavy (non-hydrogen) atoms. The summed E-state index contributed by atoms with van der Waals surface area (Å²) in [7, 11) is 0. The van der Waals surface area contributed by atoms with Crippen LogP contribution in [0, 0.1) is 0 Å². The first-order chi connectivity index (χ1) is 7.70. The van der Waals surface area contributed by atoms with E-state index >= 15 is 0 Å². The third-order valence-electron chi connectivity index (χ3n) is 3.07. The van der Waals surface area contributed by atoms with Gasteiger partial charge in [-0.05, 0) is 36.8 Å². The zero-order chi connectivity index (χ0) is 12.0. The summed E-state index contributed by atoms with van der Waals surface area (Å²) in [5.41, 5.74) is 16.2. The van der Waals surface area contributed by atoms with Crippen molar-refractivity contribution in [3.8, 4) is 0 Å². The van der Waals surface area contributed by atoms with Gasteiger partial charge < -0.3 is 11.5 Å². The Morgan fingerprint density at radius 1 is 0.812 bits per heavy atom. The van der Waals surface area contributed by atoms with E-state index in [4.69, 9.17) is 11.5 Å². The average Bonchev–Trinajstić information content (AvgIpc) is 2.30. The number of aryl methyl sites for hydroxylation is 2. The van der Waals surface area contributed by atoms with Crippen molar-refractivity contribution < 1.29 is 0 Å². The van der Waals surface area contributed by atoms with Crippen molar-refractivity contribution in [3.05, 3.63) is 23.3 Å². The minimum absolute atomic E-state index is 0.807. The van der Waals surface area contributed by atoms with Gasteiger partial charge in [0.2, 0.25) is 0 Å². The summed E-state index contributed by atoms with van der Waals surface area (Å²) in [6, 6.07) is 4.29. The molecule has 1 rings (SSSR count). The van der Waals surface area contributed by atoms with Gasteiger partial charge in [-0.2, -0.15) is 0 Å². The molecular weight excluding hydrogens is 196 g/mol. The van der Waals surface area contributed by atoms with Gasteiger partial charge in [0.1, 0.15) is 0 Å². The van der Waals surface area contributed by atoms with Gasteiger partial charge in [-0.1, -0.05) is 38.8 Å². The molecule has 2 heteroatoms. The van der Waals surface area contributed by atoms with Crippen molar-refractivity contribution in [3.63, 3.8) is 0 Å². The summed E-state index contributed by atoms with van der Waals surface area (Å²) < 4.78 is 0. The lowest BCUT2D eigenvalue weighted by Gasteiger charge is -2.12. The lowest BCUT2D eigenvalue weighted by Crippen LogP contribution is -2.04. The summed E-state index contributed by atoms with van der Waals surface area (Å²) in [6.07, 6.45) is 6.82. The Labute approximate surface area is 99.0 Å². The second-order valence-electron chi connectivity index (χ2n) is 4.42. The maximum Gasteiger partial charge on any atom is 0.0583 e. The van der Waals surface area contributed by atoms with Crippen LogP contribution < -0.4 is 11.5 Å². The van der Waals surface area contributed by atoms with Crippen molar-refractivity contribution in [1.29, 1.82) is 0 Å². The highest BCUT2D eigenvalue weighted by atomic mass is 14.7. The zero-order valence-corrected chi connectivity index (χ0v) is 10.6. The van der Waals surface area contributed by atoms with Crippen molar-refractivity contribution >= 4 is 11.4 Å². The molecule has 0 aliphatic rings. The Morgan fingerprint density at radius 3 is 1.50 bits per heavy atom. The third kappa shape index (κ3) is 3.16. The van der Waals surface area contributed by atoms with Gasteiger partial charge in [0.25, 0.3) is 0 Å². The molecule has 0 unspecified atom stereocenters. The van der Waals surface area contributed by atoms with Crippen LogP contribution in [0.15, 0.2) is 12.1 Å². The number of nitrogens with two attached hydrogens (primary N) is 2. The molecular formula is C14H24N2. The van der Waals surface area contributed by atoms with Gasteiger partial charge in [0.05, 0.1) is 11.4 Å². The van der Waals surface area contributed by atoms with Gasteiger partial charge in [-0.15, -0.1) is 0 Å². The highest BCUT2D eigenvalue weighted by Gasteiger charge is 2.07. The van der Waals surface area contributed by atoms with E-state index in [-0.39, 0.29) is 0 Å². The molecule has 0 fully saturated rings. The van der Waals surface area contributed by atoms with E-state index in [9.17, 15) is 0 Å². The largest absolute Gasteiger partial charge is 0.397 e. The highest BCUT2D eigenvalue weighted by molar-refractivity contribution is 5.71. The number of benzene rings is 1. The first-order valence-electron chi connectivity index (χ1n) is 6.36. The predicted molar refractivity (Wildman–Crippen MR) is 72.5 cm³/mol. The number of nitrogen functional groups attached to an aromatic ring is 2. The fourth-order valence-electron chi connectivity index (χ4n) is 1.90. The molecule has 0 bridgehead atoms. The molecule has 0 amide bonds. The summed E-state index contributed by atoms with van der Waals surface area (Å²) in [5.74, 6) is 0. The van der Waals surface area contributed by atoms with E-state index in [2.05, 4.69) is 26.0 Å². The maximum atomic E-state index is 6.07. The number of hydrogen-bond acceptors (Lipinski definition) is 2. The van der Waals surface area contributed by atoms with Crippen LogP contribution in [0.4, 0.5) is 11.4 Å². The molecule has 4 N–H and O–H groups in total. The molecule has 0 aromatic heterocycles. The molecule has 90 valence electrons. The van der Waals surface area contributed by atoms with Crippen molar-refractivity contribution in [2.75, 3.05) is 11.5 Å². The minimum Gasteiger partial charge on any atom is -0.397 e. The predicted octanol–water partition coefficient (Wildman–Crippen LogP) is 3.54. The van der Waals surface area contributed by atoms with Crippen LogP contribution in [0.25, 0.3) is 0 Å². The fourth-order valence-corrected chi connectivity index (χ4v) is 1.90. The van der Waals surface area contributed by atoms with Crippen molar-refractivity contribution in [2.24, 2.45) is 0 Å². The highest BCUT2D eigenvalue weighted by Crippen LogP contribution is 2.26. The molecule has 1 aromatic carbocycles. The molecule has 0 saturated heterocycles. The number of hydrogen-bond donors (Lipinski definition) is 2. The SMILES string of the molecule is CCCCc1ccc(CCCC)c(N)c1N. The molecule has 1 aromatic rings. The molecule has 0 aliphatic carbocycles. The Hall–Kier alpha value is -1.18. The fraction of sp³-hybridized carbons (Fsp3) is 0.571. The third-order valence-corrected chi connectivity index (χ3v) is 3.07. The normalized spacial score (nSPS) is 10.6. The van der Waals surface area contributed by atoms with E-state index in [1.165, 1.54) is 36.8 Å². The van der Waals surface area contributed by atoms with Crippen LogP contribution >= 0.6 is 0 Å². The standard InChI is InChI=1S/C14H24N2/c1-3-5-7-11-9-10-12(8-6-4-2)14(16)13(11)15/h9-10H,3-8,15-16H2,1-2H3. The summed E-state index contributed by atoms with van der Waals surface area (Å²) >= 11 is 0. The molecule has 0 saturated carbocycles. The van der Waals surface area contributed by atoms with E-state index in [1.807, 2.05) is 0 Å². The molecule has 0 radical (unpaired) electrons. The quantitative estimate of drug-likeness (QED) is 0.720. The maximum absolute atomic E-state index is 6.07. The van der Waals surface area contributed by atoms with Gasteiger partial charge >= 0.3 is 0 Å². The van der Waals surface area contributed by atoms with Gasteiger partial charge in [0, 0.05) is 0 Å². The molecule has 0 atom stereocenters. The van der Waals surface area contributed by atoms with E-state index in [0.717, 1.165) is 24.2 Å². The summed E-state index contributed by atoms with van der Waals surface area (Å²) in [4.78, 5) is 0. The van der Waals surface area contributed by atoms with E-state index in [1.54, 1.807) is 0 Å². The van der Waals surface area contributed by atoms with Gasteiger partial charge in [-0.25, -0.2) is 0 Å². The monoisotopic (exact) mass is 220 g/mol. The van der Waals surface area contributed by atoms with Crippen LogP contribution in [0.1, 0.15) is 50.7 Å². The average molecular weight is 220 g/mol. The Balaban J connectivity index is 2.81. The van der Waals surface area contributed by atoms with Gasteiger partial charge in [0.15, 0.2) is 0 Å². The smallest absolute Gasteiger partial charge is 0.0583 e. The zero-order valence-electron chi connectivity index (χ0n) is 10.6. The topological polar surface area (TPSA) is 52.0 Å².